The lowest BCUT2D eigenvalue weighted by Gasteiger charge is -2.22. The highest BCUT2D eigenvalue weighted by molar-refractivity contribution is 6.30. The highest BCUT2D eigenvalue weighted by Gasteiger charge is 2.46. The van der Waals surface area contributed by atoms with Crippen molar-refractivity contribution in [1.82, 2.24) is 4.90 Å². The Balaban J connectivity index is 1.69. The van der Waals surface area contributed by atoms with Crippen molar-refractivity contribution in [2.45, 2.75) is 32.6 Å². The summed E-state index contributed by atoms with van der Waals surface area (Å²) in [5, 5.41) is 4.67. The molecule has 0 N–H and O–H groups in total. The topological polar surface area (TPSA) is 51.1 Å². The number of fused-ring (bicyclic) bond motifs is 1. The minimum Gasteiger partial charge on any atom is -0.447 e. The van der Waals surface area contributed by atoms with E-state index >= 15 is 0 Å². The van der Waals surface area contributed by atoms with Crippen LogP contribution in [0.2, 0.25) is 5.02 Å². The van der Waals surface area contributed by atoms with Crippen molar-refractivity contribution < 1.29 is 14.4 Å². The van der Waals surface area contributed by atoms with Crippen molar-refractivity contribution >= 4 is 23.4 Å². The van der Waals surface area contributed by atoms with E-state index in [1.54, 1.807) is 17.0 Å². The van der Waals surface area contributed by atoms with E-state index in [9.17, 15) is 4.79 Å². The van der Waals surface area contributed by atoms with Crippen LogP contribution in [0.5, 0.6) is 0 Å². The Hall–Kier alpha value is -2.19. The van der Waals surface area contributed by atoms with Gasteiger partial charge in [-0.1, -0.05) is 28.7 Å². The van der Waals surface area contributed by atoms with Crippen LogP contribution in [-0.4, -0.2) is 35.6 Å². The number of ether oxygens (including phenoxy) is 1. The van der Waals surface area contributed by atoms with Crippen LogP contribution < -0.4 is 0 Å². The van der Waals surface area contributed by atoms with Gasteiger partial charge in [-0.05, 0) is 44.4 Å². The fraction of sp³-hybridized carbons (Fsp3) is 0.412. The molecule has 0 aromatic heterocycles. The molecular weight excluding hydrogens is 316 g/mol. The quantitative estimate of drug-likeness (QED) is 0.742. The normalized spacial score (nSPS) is 22.1. The molecule has 120 valence electrons. The van der Waals surface area contributed by atoms with E-state index in [1.807, 2.05) is 26.0 Å². The number of rotatable bonds is 1. The van der Waals surface area contributed by atoms with E-state index in [-0.39, 0.29) is 18.1 Å². The minimum atomic E-state index is -0.412. The van der Waals surface area contributed by atoms with Crippen molar-refractivity contribution in [2.24, 2.45) is 11.1 Å². The van der Waals surface area contributed by atoms with Gasteiger partial charge in [-0.2, -0.15) is 0 Å². The fourth-order valence-electron chi connectivity index (χ4n) is 2.63. The van der Waals surface area contributed by atoms with Gasteiger partial charge >= 0.3 is 6.09 Å². The number of nitrogens with zero attached hydrogens (tertiary/aromatic N) is 2. The number of oxime groups is 1. The molecule has 2 atom stereocenters. The summed E-state index contributed by atoms with van der Waals surface area (Å²) in [6.07, 6.45) is -0.177. The summed E-state index contributed by atoms with van der Waals surface area (Å²) in [6, 6.07) is 7.33. The first-order chi connectivity index (χ1) is 11.0. The third-order valence-corrected chi connectivity index (χ3v) is 3.91. The molecule has 0 bridgehead atoms. The number of carbonyl (C=O) groups is 1. The van der Waals surface area contributed by atoms with Gasteiger partial charge in [0.2, 0.25) is 6.23 Å². The Bertz CT molecular complexity index is 705. The van der Waals surface area contributed by atoms with Crippen LogP contribution in [0, 0.1) is 17.8 Å². The molecule has 1 saturated heterocycles. The highest BCUT2D eigenvalue weighted by atomic mass is 35.5. The number of halogens is 1. The molecule has 1 aromatic carbocycles. The molecule has 0 spiro atoms. The van der Waals surface area contributed by atoms with E-state index in [2.05, 4.69) is 17.0 Å². The molecule has 2 heterocycles. The van der Waals surface area contributed by atoms with Gasteiger partial charge in [0.25, 0.3) is 0 Å². The van der Waals surface area contributed by atoms with Crippen molar-refractivity contribution in [3.05, 3.63) is 34.9 Å². The summed E-state index contributed by atoms with van der Waals surface area (Å²) >= 11 is 5.94. The maximum atomic E-state index is 12.0. The molecule has 0 aliphatic carbocycles. The number of hydrogen-bond acceptors (Lipinski definition) is 4. The Morgan fingerprint density at radius 1 is 1.48 bits per heavy atom. The fourth-order valence-corrected chi connectivity index (χ4v) is 2.82. The monoisotopic (exact) mass is 332 g/mol. The summed E-state index contributed by atoms with van der Waals surface area (Å²) < 4.78 is 5.23. The first kappa shape index (κ1) is 15.7. The molecule has 1 aromatic rings. The van der Waals surface area contributed by atoms with Crippen LogP contribution >= 0.6 is 11.6 Å². The average molecular weight is 333 g/mol. The first-order valence-corrected chi connectivity index (χ1v) is 7.91. The Kier molecular flexibility index (Phi) is 4.44. The molecule has 6 heteroatoms. The molecule has 2 unspecified atom stereocenters. The van der Waals surface area contributed by atoms with E-state index < -0.39 is 6.23 Å². The standard InChI is InChI=1S/C17H17ClN2O3/c1-11(2)22-17(21)20-9-8-14-15(19-23-16(14)20)7-6-12-4-3-5-13(18)10-12/h3-5,10-11,14,16H,8-9H2,1-2H3. The zero-order chi connectivity index (χ0) is 16.4. The van der Waals surface area contributed by atoms with Crippen molar-refractivity contribution in [3.8, 4) is 11.8 Å². The number of likely N-dealkylation sites (tertiary alicyclic amines) is 1. The summed E-state index contributed by atoms with van der Waals surface area (Å²) in [7, 11) is 0. The molecule has 1 fully saturated rings. The second kappa shape index (κ2) is 6.51. The number of hydrogen-bond donors (Lipinski definition) is 0. The Labute approximate surface area is 140 Å². The zero-order valence-electron chi connectivity index (χ0n) is 13.0. The van der Waals surface area contributed by atoms with E-state index in [4.69, 9.17) is 21.2 Å². The maximum Gasteiger partial charge on any atom is 0.413 e. The van der Waals surface area contributed by atoms with Crippen molar-refractivity contribution in [1.29, 1.82) is 0 Å². The lowest BCUT2D eigenvalue weighted by Crippen LogP contribution is -2.39. The molecule has 0 saturated carbocycles. The Morgan fingerprint density at radius 3 is 3.04 bits per heavy atom. The molecule has 2 aliphatic heterocycles. The zero-order valence-corrected chi connectivity index (χ0v) is 13.7. The van der Waals surface area contributed by atoms with Crippen LogP contribution in [0.4, 0.5) is 4.79 Å². The SMILES string of the molecule is CC(C)OC(=O)N1CCC2C(C#Cc3cccc(Cl)c3)=NOC21. The first-order valence-electron chi connectivity index (χ1n) is 7.53. The molecule has 1 amide bonds. The predicted octanol–water partition coefficient (Wildman–Crippen LogP) is 3.27. The van der Waals surface area contributed by atoms with Gasteiger partial charge in [-0.3, -0.25) is 4.90 Å². The van der Waals surface area contributed by atoms with Gasteiger partial charge in [0.1, 0.15) is 5.71 Å². The largest absolute Gasteiger partial charge is 0.447 e. The lowest BCUT2D eigenvalue weighted by atomic mass is 10.0. The molecule has 3 rings (SSSR count). The minimum absolute atomic E-state index is 0.00129. The van der Waals surface area contributed by atoms with Crippen molar-refractivity contribution in [2.75, 3.05) is 6.54 Å². The second-order valence-electron chi connectivity index (χ2n) is 5.75. The van der Waals surface area contributed by atoms with Crippen LogP contribution in [0.25, 0.3) is 0 Å². The third kappa shape index (κ3) is 3.43. The third-order valence-electron chi connectivity index (χ3n) is 3.67. The van der Waals surface area contributed by atoms with E-state index in [0.29, 0.717) is 17.3 Å². The van der Waals surface area contributed by atoms with Crippen LogP contribution in [0.15, 0.2) is 29.4 Å². The number of amides is 1. The van der Waals surface area contributed by atoms with E-state index in [0.717, 1.165) is 12.0 Å². The predicted molar refractivity (Wildman–Crippen MR) is 87.1 cm³/mol. The van der Waals surface area contributed by atoms with Crippen LogP contribution in [-0.2, 0) is 9.57 Å². The highest BCUT2D eigenvalue weighted by Crippen LogP contribution is 2.32. The summed E-state index contributed by atoms with van der Waals surface area (Å²) in [4.78, 5) is 19.0. The molecule has 5 nitrogen and oxygen atoms in total. The van der Waals surface area contributed by atoms with Crippen molar-refractivity contribution in [3.63, 3.8) is 0 Å². The summed E-state index contributed by atoms with van der Waals surface area (Å²) in [6.45, 7) is 4.22. The van der Waals surface area contributed by atoms with Gasteiger partial charge in [0.05, 0.1) is 12.0 Å². The van der Waals surface area contributed by atoms with Gasteiger partial charge in [0.15, 0.2) is 0 Å². The van der Waals surface area contributed by atoms with Gasteiger partial charge in [-0.15, -0.1) is 0 Å². The van der Waals surface area contributed by atoms with Gasteiger partial charge < -0.3 is 9.57 Å². The number of carbonyl (C=O) groups excluding carboxylic acids is 1. The second-order valence-corrected chi connectivity index (χ2v) is 6.19. The molecule has 2 aliphatic rings. The molecule has 0 radical (unpaired) electrons. The molecule has 23 heavy (non-hydrogen) atoms. The van der Waals surface area contributed by atoms with Gasteiger partial charge in [-0.25, -0.2) is 4.79 Å². The van der Waals surface area contributed by atoms with E-state index in [1.165, 1.54) is 0 Å². The van der Waals surface area contributed by atoms with Crippen LogP contribution in [0.3, 0.4) is 0 Å². The smallest absolute Gasteiger partial charge is 0.413 e. The van der Waals surface area contributed by atoms with Gasteiger partial charge in [0, 0.05) is 17.1 Å². The maximum absolute atomic E-state index is 12.0. The summed E-state index contributed by atoms with van der Waals surface area (Å²) in [5.74, 6) is 6.07. The Morgan fingerprint density at radius 2 is 2.30 bits per heavy atom. The van der Waals surface area contributed by atoms with Crippen LogP contribution in [0.1, 0.15) is 25.8 Å². The average Bonchev–Trinajstić information content (AvgIpc) is 3.06. The lowest BCUT2D eigenvalue weighted by molar-refractivity contribution is -0.0300. The number of benzene rings is 1. The summed E-state index contributed by atoms with van der Waals surface area (Å²) in [5.41, 5.74) is 1.48. The molecular formula is C17H17ClN2O3.